The molecule has 0 aliphatic rings. The van der Waals surface area contributed by atoms with Gasteiger partial charge in [0.15, 0.2) is 0 Å². The maximum atomic E-state index is 3.85. The van der Waals surface area contributed by atoms with Gasteiger partial charge in [-0.3, -0.25) is 0 Å². The van der Waals surface area contributed by atoms with E-state index in [2.05, 4.69) is 62.9 Å². The average molecular weight is 314 g/mol. The molecule has 0 aliphatic carbocycles. The largest absolute Gasteiger partial charge is 0.300 e. The van der Waals surface area contributed by atoms with Gasteiger partial charge in [0.05, 0.1) is 6.04 Å². The van der Waals surface area contributed by atoms with Crippen LogP contribution in [0.4, 0.5) is 0 Å². The van der Waals surface area contributed by atoms with E-state index in [9.17, 15) is 0 Å². The van der Waals surface area contributed by atoms with Gasteiger partial charge >= 0.3 is 0 Å². The Morgan fingerprint density at radius 1 is 1.25 bits per heavy atom. The molecule has 0 spiro atoms. The van der Waals surface area contributed by atoms with Gasteiger partial charge < -0.3 is 5.32 Å². The van der Waals surface area contributed by atoms with Crippen LogP contribution in [0.15, 0.2) is 46.1 Å². The molecule has 2 heterocycles. The molecule has 84 valence electrons. The fourth-order valence-corrected chi connectivity index (χ4v) is 3.34. The molecule has 2 aromatic heterocycles. The third kappa shape index (κ3) is 3.04. The first-order valence-corrected chi connectivity index (χ1v) is 7.46. The van der Waals surface area contributed by atoms with Crippen molar-refractivity contribution in [3.05, 3.63) is 55.8 Å². The molecule has 0 bridgehead atoms. The number of hydrogen-bond acceptors (Lipinski definition) is 3. The fraction of sp³-hybridized carbons (Fsp3) is 0.167. The van der Waals surface area contributed by atoms with Crippen molar-refractivity contribution in [1.29, 1.82) is 0 Å². The van der Waals surface area contributed by atoms with Crippen molar-refractivity contribution >= 4 is 38.6 Å². The molecule has 0 aromatic carbocycles. The number of rotatable bonds is 5. The second-order valence-electron chi connectivity index (χ2n) is 3.36. The summed E-state index contributed by atoms with van der Waals surface area (Å²) in [7, 11) is 0. The second kappa shape index (κ2) is 5.77. The Kier molecular flexibility index (Phi) is 4.35. The van der Waals surface area contributed by atoms with Gasteiger partial charge in [0.1, 0.15) is 0 Å². The molecular weight excluding hydrogens is 302 g/mol. The van der Waals surface area contributed by atoms with Crippen LogP contribution >= 0.6 is 38.6 Å². The molecule has 0 unspecified atom stereocenters. The molecule has 0 amide bonds. The summed E-state index contributed by atoms with van der Waals surface area (Å²) in [5, 5.41) is 7.72. The zero-order valence-corrected chi connectivity index (χ0v) is 11.9. The van der Waals surface area contributed by atoms with Crippen molar-refractivity contribution in [3.8, 4) is 0 Å². The van der Waals surface area contributed by atoms with Gasteiger partial charge in [-0.2, -0.15) is 0 Å². The lowest BCUT2D eigenvalue weighted by molar-refractivity contribution is 0.671. The van der Waals surface area contributed by atoms with E-state index in [0.29, 0.717) is 0 Å². The highest BCUT2D eigenvalue weighted by Crippen LogP contribution is 2.29. The average Bonchev–Trinajstić information content (AvgIpc) is 2.88. The molecule has 0 atom stereocenters. The summed E-state index contributed by atoms with van der Waals surface area (Å²) >= 11 is 6.94. The number of hydrogen-bond donors (Lipinski definition) is 1. The van der Waals surface area contributed by atoms with E-state index >= 15 is 0 Å². The smallest absolute Gasteiger partial charge is 0.0767 e. The van der Waals surface area contributed by atoms with Crippen LogP contribution in [0.2, 0.25) is 0 Å². The molecular formula is C12H12BrNS2. The Hall–Kier alpha value is -0.420. The minimum Gasteiger partial charge on any atom is -0.300 e. The second-order valence-corrected chi connectivity index (χ2v) is 6.44. The molecule has 0 fully saturated rings. The first-order valence-electron chi connectivity index (χ1n) is 4.91. The summed E-state index contributed by atoms with van der Waals surface area (Å²) in [5.41, 5.74) is 0. The van der Waals surface area contributed by atoms with E-state index < -0.39 is 0 Å². The molecule has 0 radical (unpaired) electrons. The standard InChI is InChI=1S/C12H12BrNS2/c1-9(13)8-14-12(10-4-2-6-15-10)11-5-3-7-16-11/h2-7,12,14H,1,8H2. The maximum absolute atomic E-state index is 3.85. The molecule has 0 saturated heterocycles. The molecule has 1 nitrogen and oxygen atoms in total. The van der Waals surface area contributed by atoms with Crippen molar-refractivity contribution in [3.63, 3.8) is 0 Å². The summed E-state index contributed by atoms with van der Waals surface area (Å²) in [4.78, 5) is 2.69. The van der Waals surface area contributed by atoms with E-state index in [1.54, 1.807) is 22.7 Å². The lowest BCUT2D eigenvalue weighted by Gasteiger charge is -2.15. The van der Waals surface area contributed by atoms with E-state index in [4.69, 9.17) is 0 Å². The van der Waals surface area contributed by atoms with Gasteiger partial charge in [-0.15, -0.1) is 22.7 Å². The molecule has 2 aromatic rings. The lowest BCUT2D eigenvalue weighted by Crippen LogP contribution is -2.21. The van der Waals surface area contributed by atoms with E-state index in [1.807, 2.05) is 0 Å². The van der Waals surface area contributed by atoms with Gasteiger partial charge in [-0.1, -0.05) is 34.6 Å². The normalized spacial score (nSPS) is 10.9. The van der Waals surface area contributed by atoms with Crippen LogP contribution in [0.5, 0.6) is 0 Å². The summed E-state index contributed by atoms with van der Waals surface area (Å²) < 4.78 is 0.977. The summed E-state index contributed by atoms with van der Waals surface area (Å²) in [6.07, 6.45) is 0. The highest BCUT2D eigenvalue weighted by molar-refractivity contribution is 9.11. The van der Waals surface area contributed by atoms with Crippen molar-refractivity contribution in [1.82, 2.24) is 5.32 Å². The summed E-state index contributed by atoms with van der Waals surface area (Å²) in [6, 6.07) is 8.79. The van der Waals surface area contributed by atoms with Gasteiger partial charge in [-0.05, 0) is 22.9 Å². The SMILES string of the molecule is C=C(Br)CNC(c1cccs1)c1cccs1. The number of halogens is 1. The molecule has 2 rings (SSSR count). The van der Waals surface area contributed by atoms with Crippen LogP contribution in [0, 0.1) is 0 Å². The van der Waals surface area contributed by atoms with Crippen LogP contribution in [0.3, 0.4) is 0 Å². The Labute approximate surface area is 112 Å². The fourth-order valence-electron chi connectivity index (χ4n) is 1.47. The highest BCUT2D eigenvalue weighted by atomic mass is 79.9. The first-order chi connectivity index (χ1) is 7.77. The molecule has 0 saturated carbocycles. The third-order valence-corrected chi connectivity index (χ3v) is 4.31. The molecule has 16 heavy (non-hydrogen) atoms. The van der Waals surface area contributed by atoms with Crippen molar-refractivity contribution in [2.75, 3.05) is 6.54 Å². The minimum absolute atomic E-state index is 0.286. The van der Waals surface area contributed by atoms with E-state index in [1.165, 1.54) is 9.75 Å². The van der Waals surface area contributed by atoms with Crippen LogP contribution in [0.1, 0.15) is 15.8 Å². The predicted octanol–water partition coefficient (Wildman–Crippen LogP) is 4.40. The van der Waals surface area contributed by atoms with Crippen molar-refractivity contribution < 1.29 is 0 Å². The van der Waals surface area contributed by atoms with E-state index in [0.717, 1.165) is 11.0 Å². The molecule has 4 heteroatoms. The number of thiophene rings is 2. The van der Waals surface area contributed by atoms with Gasteiger partial charge in [0, 0.05) is 20.8 Å². The molecule has 0 aliphatic heterocycles. The minimum atomic E-state index is 0.286. The monoisotopic (exact) mass is 313 g/mol. The molecule has 1 N–H and O–H groups in total. The third-order valence-electron chi connectivity index (χ3n) is 2.15. The highest BCUT2D eigenvalue weighted by Gasteiger charge is 2.15. The van der Waals surface area contributed by atoms with Crippen LogP contribution < -0.4 is 5.32 Å². The van der Waals surface area contributed by atoms with Gasteiger partial charge in [0.2, 0.25) is 0 Å². The van der Waals surface area contributed by atoms with Crippen LogP contribution in [0.25, 0.3) is 0 Å². The summed E-state index contributed by atoms with van der Waals surface area (Å²) in [5.74, 6) is 0. The number of nitrogens with one attached hydrogen (secondary N) is 1. The Balaban J connectivity index is 2.17. The Morgan fingerprint density at radius 2 is 1.81 bits per heavy atom. The Bertz CT molecular complexity index is 399. The van der Waals surface area contributed by atoms with Crippen molar-refractivity contribution in [2.24, 2.45) is 0 Å². The van der Waals surface area contributed by atoms with E-state index in [-0.39, 0.29) is 6.04 Å². The zero-order valence-electron chi connectivity index (χ0n) is 8.65. The quantitative estimate of drug-likeness (QED) is 0.862. The van der Waals surface area contributed by atoms with Crippen molar-refractivity contribution in [2.45, 2.75) is 6.04 Å². The van der Waals surface area contributed by atoms with Gasteiger partial charge in [0.25, 0.3) is 0 Å². The van der Waals surface area contributed by atoms with Gasteiger partial charge in [-0.25, -0.2) is 0 Å². The first kappa shape index (κ1) is 12.0. The predicted molar refractivity (Wildman–Crippen MR) is 76.6 cm³/mol. The lowest BCUT2D eigenvalue weighted by atomic mass is 10.2. The maximum Gasteiger partial charge on any atom is 0.0767 e. The van der Waals surface area contributed by atoms with Crippen LogP contribution in [-0.4, -0.2) is 6.54 Å². The zero-order chi connectivity index (χ0) is 11.4. The Morgan fingerprint density at radius 3 is 2.19 bits per heavy atom. The van der Waals surface area contributed by atoms with Crippen LogP contribution in [-0.2, 0) is 0 Å². The summed E-state index contributed by atoms with van der Waals surface area (Å²) in [6.45, 7) is 4.63. The topological polar surface area (TPSA) is 12.0 Å².